The van der Waals surface area contributed by atoms with Crippen LogP contribution in [0.3, 0.4) is 0 Å². The predicted octanol–water partition coefficient (Wildman–Crippen LogP) is 6.98. The number of aryl methyl sites for hydroxylation is 1. The number of anilines is 1. The van der Waals surface area contributed by atoms with E-state index in [9.17, 15) is 0 Å². The number of hydrogen-bond acceptors (Lipinski definition) is 4. The molecule has 0 atom stereocenters. The third-order valence-electron chi connectivity index (χ3n) is 5.73. The Morgan fingerprint density at radius 2 is 1.59 bits per heavy atom. The second-order valence-electron chi connectivity index (χ2n) is 8.01. The first kappa shape index (κ1) is 22.6. The van der Waals surface area contributed by atoms with E-state index >= 15 is 0 Å². The van der Waals surface area contributed by atoms with Crippen molar-refractivity contribution in [1.29, 1.82) is 5.26 Å². The molecule has 0 aliphatic rings. The topological polar surface area (TPSA) is 62.3 Å². The first-order valence-electron chi connectivity index (χ1n) is 11.0. The molecule has 0 saturated heterocycles. The van der Waals surface area contributed by atoms with Crippen LogP contribution in [0.2, 0.25) is 0 Å². The summed E-state index contributed by atoms with van der Waals surface area (Å²) in [4.78, 5) is 7.96. The van der Waals surface area contributed by atoms with Gasteiger partial charge in [-0.1, -0.05) is 48.5 Å². The van der Waals surface area contributed by atoms with Gasteiger partial charge in [-0.25, -0.2) is 4.85 Å². The van der Waals surface area contributed by atoms with Crippen LogP contribution in [0.1, 0.15) is 27.9 Å². The van der Waals surface area contributed by atoms with E-state index in [1.54, 1.807) is 12.1 Å². The second-order valence-corrected chi connectivity index (χ2v) is 8.01. The Bertz CT molecular complexity index is 1360. The predicted molar refractivity (Wildman–Crippen MR) is 135 cm³/mol. The highest BCUT2D eigenvalue weighted by atomic mass is 16.5. The molecule has 3 aromatic carbocycles. The van der Waals surface area contributed by atoms with Crippen molar-refractivity contribution in [1.82, 2.24) is 4.98 Å². The molecular formula is C29H24N4O. The molecule has 5 heteroatoms. The van der Waals surface area contributed by atoms with Gasteiger partial charge < -0.3 is 10.1 Å². The molecule has 5 nitrogen and oxygen atoms in total. The molecule has 0 aliphatic carbocycles. The molecule has 1 N–H and O–H groups in total. The summed E-state index contributed by atoms with van der Waals surface area (Å²) in [7, 11) is 0. The Balaban J connectivity index is 1.41. The van der Waals surface area contributed by atoms with Crippen molar-refractivity contribution in [2.45, 2.75) is 27.0 Å². The van der Waals surface area contributed by atoms with Crippen LogP contribution < -0.4 is 10.1 Å². The third-order valence-corrected chi connectivity index (χ3v) is 5.73. The average Bonchev–Trinajstić information content (AvgIpc) is 2.89. The van der Waals surface area contributed by atoms with Crippen LogP contribution in [-0.4, -0.2) is 4.98 Å². The van der Waals surface area contributed by atoms with E-state index in [0.29, 0.717) is 24.4 Å². The maximum Gasteiger partial charge on any atom is 0.187 e. The number of hydrogen-bond donors (Lipinski definition) is 1. The summed E-state index contributed by atoms with van der Waals surface area (Å²) in [5, 5.41) is 12.4. The van der Waals surface area contributed by atoms with E-state index in [1.165, 1.54) is 0 Å². The number of nitrogens with zero attached hydrogens (tertiary/aromatic N) is 3. The van der Waals surface area contributed by atoms with Crippen LogP contribution in [0.15, 0.2) is 79.0 Å². The fourth-order valence-corrected chi connectivity index (χ4v) is 3.68. The van der Waals surface area contributed by atoms with E-state index < -0.39 is 0 Å². The molecule has 4 rings (SSSR count). The molecule has 1 heterocycles. The lowest BCUT2D eigenvalue weighted by atomic mass is 10.0. The first-order chi connectivity index (χ1) is 16.6. The van der Waals surface area contributed by atoms with Crippen molar-refractivity contribution >= 4 is 11.4 Å². The summed E-state index contributed by atoms with van der Waals surface area (Å²) < 4.78 is 6.11. The van der Waals surface area contributed by atoms with Gasteiger partial charge >= 0.3 is 0 Å². The van der Waals surface area contributed by atoms with Crippen LogP contribution in [0, 0.1) is 31.8 Å². The highest BCUT2D eigenvalue weighted by Crippen LogP contribution is 2.27. The van der Waals surface area contributed by atoms with E-state index in [1.807, 2.05) is 49.5 Å². The van der Waals surface area contributed by atoms with E-state index in [4.69, 9.17) is 16.6 Å². The van der Waals surface area contributed by atoms with E-state index in [2.05, 4.69) is 52.4 Å². The molecule has 4 aromatic rings. The lowest BCUT2D eigenvalue weighted by molar-refractivity contribution is 0.300. The molecule has 166 valence electrons. The molecule has 0 amide bonds. The number of aromatic nitrogens is 1. The molecule has 0 saturated carbocycles. The molecular weight excluding hydrogens is 420 g/mol. The van der Waals surface area contributed by atoms with Crippen molar-refractivity contribution in [3.8, 4) is 22.9 Å². The maximum atomic E-state index is 8.96. The molecule has 0 unspecified atom stereocenters. The fourth-order valence-electron chi connectivity index (χ4n) is 3.68. The Morgan fingerprint density at radius 3 is 2.21 bits per heavy atom. The van der Waals surface area contributed by atoms with Gasteiger partial charge in [0, 0.05) is 18.4 Å². The van der Waals surface area contributed by atoms with Gasteiger partial charge in [0.1, 0.15) is 12.4 Å². The third kappa shape index (κ3) is 5.23. The summed E-state index contributed by atoms with van der Waals surface area (Å²) in [6.07, 6.45) is 1.89. The Hall–Kier alpha value is -4.61. The first-order valence-corrected chi connectivity index (χ1v) is 11.0. The normalized spacial score (nSPS) is 10.2. The van der Waals surface area contributed by atoms with Gasteiger partial charge in [0.05, 0.1) is 23.9 Å². The van der Waals surface area contributed by atoms with Gasteiger partial charge in [-0.05, 0) is 65.9 Å². The van der Waals surface area contributed by atoms with Crippen molar-refractivity contribution in [2.75, 3.05) is 5.32 Å². The molecule has 0 spiro atoms. The smallest absolute Gasteiger partial charge is 0.187 e. The standard InChI is InChI=1S/C29H24N4O/c1-20-26(17-32-21(2)29(20)34-19-23-6-12-27(31-3)13-7-23)18-33-28-14-10-25(11-15-28)24-8-4-22(16-30)5-9-24/h4-15,17,33H,18-19H2,1-2H3. The van der Waals surface area contributed by atoms with Crippen molar-refractivity contribution in [3.63, 3.8) is 0 Å². The number of pyridine rings is 1. The largest absolute Gasteiger partial charge is 0.487 e. The number of ether oxygens (including phenoxy) is 1. The van der Waals surface area contributed by atoms with Gasteiger partial charge in [-0.2, -0.15) is 5.26 Å². The molecule has 0 bridgehead atoms. The minimum absolute atomic E-state index is 0.426. The van der Waals surface area contributed by atoms with Crippen LogP contribution >= 0.6 is 0 Å². The zero-order valence-corrected chi connectivity index (χ0v) is 19.2. The zero-order valence-electron chi connectivity index (χ0n) is 19.2. The maximum absolute atomic E-state index is 8.96. The number of benzene rings is 3. The Morgan fingerprint density at radius 1 is 0.941 bits per heavy atom. The molecule has 1 aromatic heterocycles. The van der Waals surface area contributed by atoms with Crippen LogP contribution in [0.5, 0.6) is 5.75 Å². The highest BCUT2D eigenvalue weighted by molar-refractivity contribution is 5.66. The zero-order chi connectivity index (χ0) is 23.9. The highest BCUT2D eigenvalue weighted by Gasteiger charge is 2.11. The number of nitriles is 1. The van der Waals surface area contributed by atoms with Gasteiger partial charge in [-0.15, -0.1) is 0 Å². The van der Waals surface area contributed by atoms with Crippen LogP contribution in [-0.2, 0) is 13.2 Å². The SMILES string of the molecule is [C-]#[N+]c1ccc(COc2c(C)ncc(CNc3ccc(-c4ccc(C#N)cc4)cc3)c2C)cc1. The summed E-state index contributed by atoms with van der Waals surface area (Å²) >= 11 is 0. The summed E-state index contributed by atoms with van der Waals surface area (Å²) in [6.45, 7) is 12.1. The molecule has 0 radical (unpaired) electrons. The van der Waals surface area contributed by atoms with Gasteiger partial charge in [0.15, 0.2) is 5.69 Å². The van der Waals surface area contributed by atoms with Crippen molar-refractivity contribution in [3.05, 3.63) is 118 Å². The van der Waals surface area contributed by atoms with Crippen LogP contribution in [0.25, 0.3) is 16.0 Å². The van der Waals surface area contributed by atoms with Gasteiger partial charge in [-0.3, -0.25) is 4.98 Å². The Kier molecular flexibility index (Phi) is 6.87. The minimum Gasteiger partial charge on any atom is -0.487 e. The molecule has 0 fully saturated rings. The monoisotopic (exact) mass is 444 g/mol. The summed E-state index contributed by atoms with van der Waals surface area (Å²) in [6, 6.07) is 25.4. The van der Waals surface area contributed by atoms with Crippen molar-refractivity contribution < 1.29 is 4.74 Å². The Labute approximate surface area is 200 Å². The number of rotatable bonds is 7. The van der Waals surface area contributed by atoms with Crippen LogP contribution in [0.4, 0.5) is 11.4 Å². The number of nitrogens with one attached hydrogen (secondary N) is 1. The minimum atomic E-state index is 0.426. The fraction of sp³-hybridized carbons (Fsp3) is 0.138. The van der Waals surface area contributed by atoms with Gasteiger partial charge in [0.2, 0.25) is 0 Å². The molecule has 0 aliphatic heterocycles. The van der Waals surface area contributed by atoms with Gasteiger partial charge in [0.25, 0.3) is 0 Å². The van der Waals surface area contributed by atoms with E-state index in [0.717, 1.165) is 44.9 Å². The lowest BCUT2D eigenvalue weighted by Gasteiger charge is -2.16. The second kappa shape index (κ2) is 10.3. The van der Waals surface area contributed by atoms with Crippen molar-refractivity contribution in [2.24, 2.45) is 0 Å². The lowest BCUT2D eigenvalue weighted by Crippen LogP contribution is -2.06. The average molecular weight is 445 g/mol. The quantitative estimate of drug-likeness (QED) is 0.312. The summed E-state index contributed by atoms with van der Waals surface area (Å²) in [5.74, 6) is 0.796. The summed E-state index contributed by atoms with van der Waals surface area (Å²) in [5.41, 5.74) is 8.47. The molecule has 34 heavy (non-hydrogen) atoms. The van der Waals surface area contributed by atoms with E-state index in [-0.39, 0.29) is 0 Å².